The van der Waals surface area contributed by atoms with Crippen molar-refractivity contribution in [2.24, 2.45) is 11.8 Å². The van der Waals surface area contributed by atoms with Gasteiger partial charge in [0.05, 0.1) is 0 Å². The van der Waals surface area contributed by atoms with E-state index < -0.39 is 0 Å². The van der Waals surface area contributed by atoms with E-state index in [2.05, 4.69) is 33.9 Å². The van der Waals surface area contributed by atoms with Crippen LogP contribution in [0.2, 0.25) is 0 Å². The van der Waals surface area contributed by atoms with Crippen LogP contribution in [-0.4, -0.2) is 0 Å². The summed E-state index contributed by atoms with van der Waals surface area (Å²) >= 11 is 5.65. The quantitative estimate of drug-likeness (QED) is 0.516. The second kappa shape index (κ2) is 7.76. The largest absolute Gasteiger partial charge is 0.0956 e. The maximum absolute atomic E-state index is 5.65. The molecular formula is C14H23Cl. The molecule has 0 rings (SSSR count). The molecule has 0 bridgehead atoms. The third kappa shape index (κ3) is 7.44. The molecule has 0 aliphatic rings. The van der Waals surface area contributed by atoms with Gasteiger partial charge in [0.25, 0.3) is 0 Å². The molecule has 0 nitrogen and oxygen atoms in total. The van der Waals surface area contributed by atoms with Crippen molar-refractivity contribution in [2.75, 3.05) is 0 Å². The van der Waals surface area contributed by atoms with Gasteiger partial charge in [-0.15, -0.1) is 0 Å². The van der Waals surface area contributed by atoms with Crippen LogP contribution in [0.3, 0.4) is 0 Å². The van der Waals surface area contributed by atoms with Gasteiger partial charge in [0, 0.05) is 5.03 Å². The van der Waals surface area contributed by atoms with Crippen LogP contribution in [0.15, 0.2) is 35.9 Å². The highest BCUT2D eigenvalue weighted by molar-refractivity contribution is 6.30. The van der Waals surface area contributed by atoms with E-state index in [1.54, 1.807) is 0 Å². The summed E-state index contributed by atoms with van der Waals surface area (Å²) in [7, 11) is 0. The van der Waals surface area contributed by atoms with Gasteiger partial charge in [0.15, 0.2) is 0 Å². The first-order chi connectivity index (χ1) is 6.97. The Morgan fingerprint density at radius 3 is 2.27 bits per heavy atom. The van der Waals surface area contributed by atoms with Crippen LogP contribution in [-0.2, 0) is 0 Å². The normalized spacial score (nSPS) is 15.2. The predicted octanol–water partition coefficient (Wildman–Crippen LogP) is 5.31. The Morgan fingerprint density at radius 1 is 1.20 bits per heavy atom. The topological polar surface area (TPSA) is 0 Å². The van der Waals surface area contributed by atoms with Crippen LogP contribution in [0.5, 0.6) is 0 Å². The summed E-state index contributed by atoms with van der Waals surface area (Å²) in [6.07, 6.45) is 7.51. The van der Waals surface area contributed by atoms with E-state index in [-0.39, 0.29) is 0 Å². The molecule has 0 saturated carbocycles. The van der Waals surface area contributed by atoms with Gasteiger partial charge >= 0.3 is 0 Å². The van der Waals surface area contributed by atoms with Gasteiger partial charge in [-0.05, 0) is 24.3 Å². The summed E-state index contributed by atoms with van der Waals surface area (Å²) in [4.78, 5) is 0. The van der Waals surface area contributed by atoms with Gasteiger partial charge in [0.2, 0.25) is 0 Å². The van der Waals surface area contributed by atoms with E-state index in [1.807, 2.05) is 12.2 Å². The van der Waals surface area contributed by atoms with Crippen molar-refractivity contribution < 1.29 is 0 Å². The Bertz CT molecular complexity index is 238. The van der Waals surface area contributed by atoms with Crippen LogP contribution >= 0.6 is 11.6 Å². The molecule has 0 aromatic heterocycles. The van der Waals surface area contributed by atoms with Gasteiger partial charge in [-0.2, -0.15) is 0 Å². The maximum Gasteiger partial charge on any atom is 0.0334 e. The first kappa shape index (κ1) is 14.5. The summed E-state index contributed by atoms with van der Waals surface area (Å²) < 4.78 is 0. The molecular weight excluding hydrogens is 204 g/mol. The van der Waals surface area contributed by atoms with E-state index in [0.717, 1.165) is 11.5 Å². The second-order valence-corrected chi connectivity index (χ2v) is 4.83. The third-order valence-electron chi connectivity index (χ3n) is 2.90. The highest BCUT2D eigenvalue weighted by Crippen LogP contribution is 2.21. The Hall–Kier alpha value is -0.490. The van der Waals surface area contributed by atoms with Crippen molar-refractivity contribution in [3.8, 4) is 0 Å². The molecule has 0 aliphatic carbocycles. The van der Waals surface area contributed by atoms with Crippen molar-refractivity contribution in [3.63, 3.8) is 0 Å². The molecule has 0 aromatic rings. The molecule has 15 heavy (non-hydrogen) atoms. The lowest BCUT2D eigenvalue weighted by atomic mass is 9.92. The SMILES string of the molecule is C=C(Cl)/C=C\C(=C)C(C)CCC(C)CC. The number of rotatable bonds is 7. The Balaban J connectivity index is 3.94. The van der Waals surface area contributed by atoms with Crippen LogP contribution < -0.4 is 0 Å². The van der Waals surface area contributed by atoms with E-state index >= 15 is 0 Å². The molecule has 0 aliphatic heterocycles. The molecule has 0 N–H and O–H groups in total. The Labute approximate surface area is 99.7 Å². The number of allylic oxidation sites excluding steroid dienone is 4. The Kier molecular flexibility index (Phi) is 7.50. The highest BCUT2D eigenvalue weighted by atomic mass is 35.5. The summed E-state index contributed by atoms with van der Waals surface area (Å²) in [5.74, 6) is 1.35. The summed E-state index contributed by atoms with van der Waals surface area (Å²) in [5.41, 5.74) is 1.14. The van der Waals surface area contributed by atoms with E-state index in [4.69, 9.17) is 11.6 Å². The van der Waals surface area contributed by atoms with Crippen molar-refractivity contribution >= 4 is 11.6 Å². The van der Waals surface area contributed by atoms with Crippen LogP contribution in [0.1, 0.15) is 40.0 Å². The zero-order valence-electron chi connectivity index (χ0n) is 10.2. The minimum absolute atomic E-state index is 0.534. The van der Waals surface area contributed by atoms with E-state index in [1.165, 1.54) is 19.3 Å². The summed E-state index contributed by atoms with van der Waals surface area (Å²) in [6, 6.07) is 0. The molecule has 0 radical (unpaired) electrons. The fraction of sp³-hybridized carbons (Fsp3) is 0.571. The third-order valence-corrected chi connectivity index (χ3v) is 3.03. The minimum atomic E-state index is 0.534. The molecule has 86 valence electrons. The van der Waals surface area contributed by atoms with Crippen molar-refractivity contribution in [1.82, 2.24) is 0 Å². The average Bonchev–Trinajstić information content (AvgIpc) is 2.21. The fourth-order valence-electron chi connectivity index (χ4n) is 1.29. The second-order valence-electron chi connectivity index (χ2n) is 4.35. The lowest BCUT2D eigenvalue weighted by molar-refractivity contribution is 0.454. The first-order valence-electron chi connectivity index (χ1n) is 5.68. The molecule has 0 aromatic carbocycles. The van der Waals surface area contributed by atoms with Crippen molar-refractivity contribution in [2.45, 2.75) is 40.0 Å². The number of hydrogen-bond donors (Lipinski definition) is 0. The van der Waals surface area contributed by atoms with Crippen LogP contribution in [0, 0.1) is 11.8 Å². The molecule has 0 spiro atoms. The molecule has 1 heteroatoms. The van der Waals surface area contributed by atoms with Crippen LogP contribution in [0.4, 0.5) is 0 Å². The van der Waals surface area contributed by atoms with Crippen LogP contribution in [0.25, 0.3) is 0 Å². The lowest BCUT2D eigenvalue weighted by Crippen LogP contribution is -2.00. The van der Waals surface area contributed by atoms with Gasteiger partial charge in [-0.1, -0.05) is 70.0 Å². The molecule has 2 unspecified atom stereocenters. The van der Waals surface area contributed by atoms with Gasteiger partial charge in [0.1, 0.15) is 0 Å². The average molecular weight is 227 g/mol. The first-order valence-corrected chi connectivity index (χ1v) is 6.06. The molecule has 0 amide bonds. The summed E-state index contributed by atoms with van der Waals surface area (Å²) in [5, 5.41) is 0.560. The van der Waals surface area contributed by atoms with Gasteiger partial charge < -0.3 is 0 Å². The van der Waals surface area contributed by atoms with Gasteiger partial charge in [-0.3, -0.25) is 0 Å². The molecule has 0 fully saturated rings. The molecule has 2 atom stereocenters. The number of halogens is 1. The Morgan fingerprint density at radius 2 is 1.80 bits per heavy atom. The smallest absolute Gasteiger partial charge is 0.0334 e. The van der Waals surface area contributed by atoms with Crippen molar-refractivity contribution in [3.05, 3.63) is 35.9 Å². The molecule has 0 heterocycles. The van der Waals surface area contributed by atoms with Crippen molar-refractivity contribution in [1.29, 1.82) is 0 Å². The monoisotopic (exact) mass is 226 g/mol. The maximum atomic E-state index is 5.65. The highest BCUT2D eigenvalue weighted by Gasteiger charge is 2.06. The van der Waals surface area contributed by atoms with E-state index in [0.29, 0.717) is 11.0 Å². The predicted molar refractivity (Wildman–Crippen MR) is 71.1 cm³/mol. The zero-order valence-corrected chi connectivity index (χ0v) is 11.0. The van der Waals surface area contributed by atoms with E-state index in [9.17, 15) is 0 Å². The zero-order chi connectivity index (χ0) is 11.8. The standard InChI is InChI=1S/C14H23Cl/c1-6-11(2)7-8-12(3)13(4)9-10-14(5)15/h9-12H,4-8H2,1-3H3/b10-9-. The summed E-state index contributed by atoms with van der Waals surface area (Å²) in [6.45, 7) is 14.4. The number of hydrogen-bond acceptors (Lipinski definition) is 0. The lowest BCUT2D eigenvalue weighted by Gasteiger charge is -2.14. The molecule has 0 saturated heterocycles. The van der Waals surface area contributed by atoms with Gasteiger partial charge in [-0.25, -0.2) is 0 Å². The fourth-order valence-corrected chi connectivity index (χ4v) is 1.35. The minimum Gasteiger partial charge on any atom is -0.0956 e.